The van der Waals surface area contributed by atoms with E-state index in [1.165, 1.54) is 13.0 Å². The number of hydrogen-bond donors (Lipinski definition) is 0. The summed E-state index contributed by atoms with van der Waals surface area (Å²) in [4.78, 5) is 18.9. The number of amides is 1. The van der Waals surface area contributed by atoms with E-state index in [1.54, 1.807) is 19.1 Å². The third-order valence-corrected chi connectivity index (χ3v) is 9.13. The molecule has 2 aromatic carbocycles. The first-order chi connectivity index (χ1) is 16.9. The molecule has 1 saturated carbocycles. The van der Waals surface area contributed by atoms with E-state index < -0.39 is 38.8 Å². The van der Waals surface area contributed by atoms with Crippen LogP contribution in [0.4, 0.5) is 13.2 Å². The Hall–Kier alpha value is -3.45. The zero-order chi connectivity index (χ0) is 26.0. The molecule has 1 unspecified atom stereocenters. The van der Waals surface area contributed by atoms with E-state index in [-0.39, 0.29) is 28.6 Å². The molecule has 1 fully saturated rings. The van der Waals surface area contributed by atoms with Gasteiger partial charge in [-0.05, 0) is 41.7 Å². The van der Waals surface area contributed by atoms with Crippen LogP contribution in [0.15, 0.2) is 58.2 Å². The first-order valence-corrected chi connectivity index (χ1v) is 13.2. The van der Waals surface area contributed by atoms with Crippen LogP contribution < -0.4 is 0 Å². The summed E-state index contributed by atoms with van der Waals surface area (Å²) >= 11 is 0. The quantitative estimate of drug-likeness (QED) is 0.565. The van der Waals surface area contributed by atoms with Crippen LogP contribution in [-0.2, 0) is 28.0 Å². The van der Waals surface area contributed by atoms with Crippen LogP contribution in [-0.4, -0.2) is 30.7 Å². The van der Waals surface area contributed by atoms with Gasteiger partial charge >= 0.3 is 6.18 Å². The number of benzene rings is 2. The standard InChI is InChI=1S/C26H22F3N3O3S/c1-3-36(34,35)22-15(2)21(16-4-7-18(8-5-16)25(14-30)10-11-25)31-23(22)32-13-17-6-9-19(26(27,28)29)12-20(17)24(32)33/h4-9,12,15H,3,10-11,13H2,1-2H3. The monoisotopic (exact) mass is 513 g/mol. The van der Waals surface area contributed by atoms with Crippen molar-refractivity contribution < 1.29 is 26.4 Å². The van der Waals surface area contributed by atoms with Crippen molar-refractivity contribution in [1.29, 1.82) is 5.26 Å². The molecule has 2 aliphatic heterocycles. The number of hydrogen-bond acceptors (Lipinski definition) is 5. The number of allylic oxidation sites excluding steroid dienone is 1. The van der Waals surface area contributed by atoms with Crippen molar-refractivity contribution in [2.45, 2.75) is 44.8 Å². The molecule has 6 nitrogen and oxygen atoms in total. The summed E-state index contributed by atoms with van der Waals surface area (Å²) in [5.41, 5.74) is 0.845. The van der Waals surface area contributed by atoms with E-state index in [1.807, 2.05) is 12.1 Å². The van der Waals surface area contributed by atoms with Crippen LogP contribution in [0.3, 0.4) is 0 Å². The van der Waals surface area contributed by atoms with Gasteiger partial charge in [-0.3, -0.25) is 9.69 Å². The van der Waals surface area contributed by atoms with Gasteiger partial charge in [0.05, 0.1) is 40.0 Å². The highest BCUT2D eigenvalue weighted by Gasteiger charge is 2.45. The fourth-order valence-corrected chi connectivity index (χ4v) is 6.25. The third kappa shape index (κ3) is 3.73. The maximum atomic E-state index is 13.2. The van der Waals surface area contributed by atoms with Crippen LogP contribution in [0.25, 0.3) is 0 Å². The average molecular weight is 514 g/mol. The van der Waals surface area contributed by atoms with E-state index in [9.17, 15) is 31.6 Å². The zero-order valence-corrected chi connectivity index (χ0v) is 20.4. The number of nitrogens with zero attached hydrogens (tertiary/aromatic N) is 3. The van der Waals surface area contributed by atoms with Crippen LogP contribution in [0.2, 0.25) is 0 Å². The summed E-state index contributed by atoms with van der Waals surface area (Å²) in [5, 5.41) is 9.45. The van der Waals surface area contributed by atoms with Crippen molar-refractivity contribution in [3.05, 3.63) is 81.0 Å². The second-order valence-corrected chi connectivity index (χ2v) is 11.6. The molecule has 0 saturated heterocycles. The summed E-state index contributed by atoms with van der Waals surface area (Å²) in [6, 6.07) is 12.5. The lowest BCUT2D eigenvalue weighted by molar-refractivity contribution is -0.137. The van der Waals surface area contributed by atoms with Crippen LogP contribution in [0.1, 0.15) is 59.3 Å². The molecule has 3 aliphatic rings. The number of sulfone groups is 1. The number of rotatable bonds is 5. The Kier molecular flexibility index (Phi) is 5.41. The lowest BCUT2D eigenvalue weighted by Gasteiger charge is -2.18. The van der Waals surface area contributed by atoms with Crippen molar-refractivity contribution in [2.24, 2.45) is 10.9 Å². The maximum Gasteiger partial charge on any atom is 0.416 e. The van der Waals surface area contributed by atoms with Crippen LogP contribution >= 0.6 is 0 Å². The summed E-state index contributed by atoms with van der Waals surface area (Å²) in [7, 11) is -3.79. The van der Waals surface area contributed by atoms with Gasteiger partial charge in [0.1, 0.15) is 0 Å². The van der Waals surface area contributed by atoms with Gasteiger partial charge in [0, 0.05) is 11.5 Å². The lowest BCUT2D eigenvalue weighted by Crippen LogP contribution is -2.26. The van der Waals surface area contributed by atoms with E-state index in [0.717, 1.165) is 35.4 Å². The normalized spacial score (nSPS) is 20.9. The van der Waals surface area contributed by atoms with E-state index in [4.69, 9.17) is 0 Å². The molecule has 2 heterocycles. The van der Waals surface area contributed by atoms with Gasteiger partial charge in [0.2, 0.25) is 0 Å². The molecule has 0 aromatic heterocycles. The molecule has 0 N–H and O–H groups in total. The van der Waals surface area contributed by atoms with Crippen LogP contribution in [0, 0.1) is 17.2 Å². The van der Waals surface area contributed by atoms with Gasteiger partial charge in [-0.25, -0.2) is 13.4 Å². The molecule has 0 bridgehead atoms. The molecule has 36 heavy (non-hydrogen) atoms. The van der Waals surface area contributed by atoms with Crippen molar-refractivity contribution in [3.63, 3.8) is 0 Å². The second kappa shape index (κ2) is 8.03. The number of carbonyl (C=O) groups excluding carboxylic acids is 1. The number of aliphatic imine (C=N–C) groups is 1. The number of fused-ring (bicyclic) bond motifs is 1. The van der Waals surface area contributed by atoms with Crippen LogP contribution in [0.5, 0.6) is 0 Å². The molecule has 0 radical (unpaired) electrons. The number of halogens is 3. The Balaban J connectivity index is 1.55. The molecule has 1 amide bonds. The molecule has 5 rings (SSSR count). The highest BCUT2D eigenvalue weighted by atomic mass is 32.2. The summed E-state index contributed by atoms with van der Waals surface area (Å²) in [5.74, 6) is -1.64. The summed E-state index contributed by atoms with van der Waals surface area (Å²) in [6.45, 7) is 3.11. The van der Waals surface area contributed by atoms with Gasteiger partial charge in [0.15, 0.2) is 15.7 Å². The molecule has 1 aliphatic carbocycles. The van der Waals surface area contributed by atoms with E-state index >= 15 is 0 Å². The zero-order valence-electron chi connectivity index (χ0n) is 19.6. The van der Waals surface area contributed by atoms with E-state index in [2.05, 4.69) is 11.1 Å². The van der Waals surface area contributed by atoms with Crippen molar-refractivity contribution >= 4 is 21.5 Å². The van der Waals surface area contributed by atoms with Gasteiger partial charge in [-0.15, -0.1) is 0 Å². The van der Waals surface area contributed by atoms with Crippen molar-refractivity contribution in [2.75, 3.05) is 5.75 Å². The second-order valence-electron chi connectivity index (χ2n) is 9.34. The smallest absolute Gasteiger partial charge is 0.287 e. The van der Waals surface area contributed by atoms with Crippen molar-refractivity contribution in [3.8, 4) is 6.07 Å². The molecule has 0 spiro atoms. The van der Waals surface area contributed by atoms with Gasteiger partial charge in [-0.2, -0.15) is 18.4 Å². The largest absolute Gasteiger partial charge is 0.416 e. The molecule has 10 heteroatoms. The molecule has 1 atom stereocenters. The van der Waals surface area contributed by atoms with Gasteiger partial charge in [0.25, 0.3) is 5.91 Å². The molecular formula is C26H22F3N3O3S. The highest BCUT2D eigenvalue weighted by Crippen LogP contribution is 2.47. The SMILES string of the molecule is CCS(=O)(=O)C1=C(N2Cc3ccc(C(F)(F)F)cc3C2=O)N=C(c2ccc(C3(C#N)CC3)cc2)C1C. The van der Waals surface area contributed by atoms with Gasteiger partial charge < -0.3 is 0 Å². The minimum atomic E-state index is -4.61. The highest BCUT2D eigenvalue weighted by molar-refractivity contribution is 7.95. The Bertz CT molecular complexity index is 1500. The predicted octanol–water partition coefficient (Wildman–Crippen LogP) is 4.96. The average Bonchev–Trinajstić information content (AvgIpc) is 3.48. The predicted molar refractivity (Wildman–Crippen MR) is 126 cm³/mol. The lowest BCUT2D eigenvalue weighted by atomic mass is 9.93. The fraction of sp³-hybridized carbons (Fsp3) is 0.346. The fourth-order valence-electron chi connectivity index (χ4n) is 4.85. The Morgan fingerprint density at radius 3 is 2.39 bits per heavy atom. The third-order valence-electron chi connectivity index (χ3n) is 7.16. The molecule has 2 aromatic rings. The Labute approximate surface area is 206 Å². The first kappa shape index (κ1) is 24.3. The number of nitriles is 1. The maximum absolute atomic E-state index is 13.2. The first-order valence-electron chi connectivity index (χ1n) is 11.5. The summed E-state index contributed by atoms with van der Waals surface area (Å²) < 4.78 is 65.8. The molecule has 186 valence electrons. The Morgan fingerprint density at radius 2 is 1.83 bits per heavy atom. The topological polar surface area (TPSA) is 90.6 Å². The van der Waals surface area contributed by atoms with E-state index in [0.29, 0.717) is 16.8 Å². The summed E-state index contributed by atoms with van der Waals surface area (Å²) in [6.07, 6.45) is -3.03. The number of carbonyl (C=O) groups is 1. The minimum Gasteiger partial charge on any atom is -0.287 e. The minimum absolute atomic E-state index is 0.0167. The Morgan fingerprint density at radius 1 is 1.17 bits per heavy atom. The molecular weight excluding hydrogens is 491 g/mol. The van der Waals surface area contributed by atoms with Gasteiger partial charge in [-0.1, -0.05) is 44.2 Å². The number of alkyl halides is 3. The van der Waals surface area contributed by atoms with Crippen molar-refractivity contribution in [1.82, 2.24) is 4.90 Å².